The lowest BCUT2D eigenvalue weighted by molar-refractivity contribution is 0.0276. The average Bonchev–Trinajstić information content (AvgIpc) is 2.51. The molecule has 2 N–H and O–H groups in total. The molecule has 0 amide bonds. The van der Waals surface area contributed by atoms with Gasteiger partial charge in [0, 0.05) is 12.6 Å². The van der Waals surface area contributed by atoms with E-state index in [2.05, 4.69) is 26.1 Å². The smallest absolute Gasteiger partial charge is 0.118 e. The van der Waals surface area contributed by atoms with Gasteiger partial charge in [0.25, 0.3) is 0 Å². The molecule has 0 aliphatic carbocycles. The molecule has 2 atom stereocenters. The molecule has 0 fully saturated rings. The van der Waals surface area contributed by atoms with Crippen molar-refractivity contribution in [2.45, 2.75) is 52.4 Å². The van der Waals surface area contributed by atoms with Crippen LogP contribution in [0.15, 0.2) is 24.3 Å². The van der Waals surface area contributed by atoms with E-state index in [0.717, 1.165) is 23.7 Å². The molecule has 0 bridgehead atoms. The molecule has 0 radical (unpaired) electrons. The van der Waals surface area contributed by atoms with Gasteiger partial charge in [-0.05, 0) is 43.4 Å². The SMILES string of the molecule is COc1ccc(COC[C@H](O)CN[C@@H](C)CCC(C)C)cc1. The van der Waals surface area contributed by atoms with E-state index in [4.69, 9.17) is 9.47 Å². The van der Waals surface area contributed by atoms with Crippen molar-refractivity contribution in [1.29, 1.82) is 0 Å². The number of aliphatic hydroxyl groups excluding tert-OH is 1. The van der Waals surface area contributed by atoms with Crippen LogP contribution in [0.1, 0.15) is 39.2 Å². The van der Waals surface area contributed by atoms with Crippen LogP contribution >= 0.6 is 0 Å². The Labute approximate surface area is 134 Å². The summed E-state index contributed by atoms with van der Waals surface area (Å²) in [6, 6.07) is 8.19. The Bertz CT molecular complexity index is 392. The summed E-state index contributed by atoms with van der Waals surface area (Å²) < 4.78 is 10.7. The van der Waals surface area contributed by atoms with Crippen molar-refractivity contribution in [3.63, 3.8) is 0 Å². The number of hydrogen-bond donors (Lipinski definition) is 2. The van der Waals surface area contributed by atoms with Gasteiger partial charge in [0.05, 0.1) is 26.4 Å². The summed E-state index contributed by atoms with van der Waals surface area (Å²) in [4.78, 5) is 0. The highest BCUT2D eigenvalue weighted by atomic mass is 16.5. The summed E-state index contributed by atoms with van der Waals surface area (Å²) in [6.07, 6.45) is 1.87. The Morgan fingerprint density at radius 3 is 2.36 bits per heavy atom. The Hall–Kier alpha value is -1.10. The van der Waals surface area contributed by atoms with Crippen LogP contribution in [-0.4, -0.2) is 37.5 Å². The molecule has 4 nitrogen and oxygen atoms in total. The number of aliphatic hydroxyl groups is 1. The van der Waals surface area contributed by atoms with Crippen LogP contribution < -0.4 is 10.1 Å². The van der Waals surface area contributed by atoms with Gasteiger partial charge in [-0.25, -0.2) is 0 Å². The van der Waals surface area contributed by atoms with Crippen molar-refractivity contribution < 1.29 is 14.6 Å². The van der Waals surface area contributed by atoms with Crippen molar-refractivity contribution in [1.82, 2.24) is 5.32 Å². The summed E-state index contributed by atoms with van der Waals surface area (Å²) in [7, 11) is 1.65. The molecule has 0 aliphatic rings. The first-order valence-corrected chi connectivity index (χ1v) is 8.13. The minimum atomic E-state index is -0.472. The lowest BCUT2D eigenvalue weighted by Crippen LogP contribution is -2.36. The standard InChI is InChI=1S/C18H31NO3/c1-14(2)5-6-15(3)19-11-17(20)13-22-12-16-7-9-18(21-4)10-8-16/h7-10,14-15,17,19-20H,5-6,11-13H2,1-4H3/t15-,17+/m0/s1. The third-order valence-electron chi connectivity index (χ3n) is 3.62. The van der Waals surface area contributed by atoms with Crippen LogP contribution in [0.4, 0.5) is 0 Å². The highest BCUT2D eigenvalue weighted by Gasteiger charge is 2.08. The fourth-order valence-electron chi connectivity index (χ4n) is 2.12. The molecule has 126 valence electrons. The topological polar surface area (TPSA) is 50.7 Å². The zero-order valence-corrected chi connectivity index (χ0v) is 14.3. The molecule has 0 saturated heterocycles. The van der Waals surface area contributed by atoms with Crippen molar-refractivity contribution in [3.8, 4) is 5.75 Å². The molecule has 22 heavy (non-hydrogen) atoms. The second-order valence-corrected chi connectivity index (χ2v) is 6.30. The van der Waals surface area contributed by atoms with Gasteiger partial charge in [-0.3, -0.25) is 0 Å². The van der Waals surface area contributed by atoms with Crippen molar-refractivity contribution in [2.75, 3.05) is 20.3 Å². The molecular formula is C18H31NO3. The van der Waals surface area contributed by atoms with Gasteiger partial charge in [0.1, 0.15) is 5.75 Å². The quantitative estimate of drug-likeness (QED) is 0.660. The van der Waals surface area contributed by atoms with E-state index < -0.39 is 6.10 Å². The normalized spacial score (nSPS) is 14.1. The van der Waals surface area contributed by atoms with Crippen LogP contribution in [-0.2, 0) is 11.3 Å². The average molecular weight is 309 g/mol. The summed E-state index contributed by atoms with van der Waals surface area (Å²) in [6.45, 7) is 8.04. The molecule has 0 unspecified atom stereocenters. The lowest BCUT2D eigenvalue weighted by Gasteiger charge is -2.18. The Morgan fingerprint density at radius 1 is 1.09 bits per heavy atom. The summed E-state index contributed by atoms with van der Waals surface area (Å²) in [5, 5.41) is 13.3. The Balaban J connectivity index is 2.13. The molecule has 0 aromatic heterocycles. The maximum absolute atomic E-state index is 9.93. The fraction of sp³-hybridized carbons (Fsp3) is 0.667. The minimum absolute atomic E-state index is 0.343. The van der Waals surface area contributed by atoms with Crippen molar-refractivity contribution in [2.24, 2.45) is 5.92 Å². The number of methoxy groups -OCH3 is 1. The van der Waals surface area contributed by atoms with E-state index in [0.29, 0.717) is 25.8 Å². The van der Waals surface area contributed by atoms with Crippen molar-refractivity contribution in [3.05, 3.63) is 29.8 Å². The fourth-order valence-corrected chi connectivity index (χ4v) is 2.12. The Kier molecular flexibility index (Phi) is 9.13. The van der Waals surface area contributed by atoms with Gasteiger partial charge >= 0.3 is 0 Å². The number of benzene rings is 1. The number of rotatable bonds is 11. The van der Waals surface area contributed by atoms with Gasteiger partial charge in [-0.15, -0.1) is 0 Å². The summed E-state index contributed by atoms with van der Waals surface area (Å²) in [5.41, 5.74) is 1.08. The maximum Gasteiger partial charge on any atom is 0.118 e. The maximum atomic E-state index is 9.93. The largest absolute Gasteiger partial charge is 0.497 e. The highest BCUT2D eigenvalue weighted by Crippen LogP contribution is 2.12. The molecule has 1 aromatic rings. The number of ether oxygens (including phenoxy) is 2. The van der Waals surface area contributed by atoms with E-state index in [9.17, 15) is 5.11 Å². The summed E-state index contributed by atoms with van der Waals surface area (Å²) in [5.74, 6) is 1.56. The van der Waals surface area contributed by atoms with Crippen LogP contribution in [0.5, 0.6) is 5.75 Å². The molecule has 1 rings (SSSR count). The van der Waals surface area contributed by atoms with Gasteiger partial charge < -0.3 is 19.9 Å². The zero-order chi connectivity index (χ0) is 16.4. The highest BCUT2D eigenvalue weighted by molar-refractivity contribution is 5.26. The zero-order valence-electron chi connectivity index (χ0n) is 14.3. The van der Waals surface area contributed by atoms with Crippen molar-refractivity contribution >= 4 is 0 Å². The van der Waals surface area contributed by atoms with E-state index >= 15 is 0 Å². The van der Waals surface area contributed by atoms with Crippen LogP contribution in [0, 0.1) is 5.92 Å². The summed E-state index contributed by atoms with van der Waals surface area (Å²) >= 11 is 0. The molecule has 4 heteroatoms. The first-order chi connectivity index (χ1) is 10.5. The second kappa shape index (κ2) is 10.6. The number of hydrogen-bond acceptors (Lipinski definition) is 4. The van der Waals surface area contributed by atoms with Crippen LogP contribution in [0.2, 0.25) is 0 Å². The monoisotopic (exact) mass is 309 g/mol. The molecule has 0 heterocycles. The van der Waals surface area contributed by atoms with E-state index in [1.54, 1.807) is 7.11 Å². The van der Waals surface area contributed by atoms with Crippen LogP contribution in [0.3, 0.4) is 0 Å². The molecule has 0 spiro atoms. The molecule has 0 saturated carbocycles. The first-order valence-electron chi connectivity index (χ1n) is 8.13. The van der Waals surface area contributed by atoms with E-state index in [-0.39, 0.29) is 0 Å². The van der Waals surface area contributed by atoms with Gasteiger partial charge in [0.15, 0.2) is 0 Å². The van der Waals surface area contributed by atoms with Gasteiger partial charge in [0.2, 0.25) is 0 Å². The Morgan fingerprint density at radius 2 is 1.77 bits per heavy atom. The number of nitrogens with one attached hydrogen (secondary N) is 1. The molecule has 1 aromatic carbocycles. The third kappa shape index (κ3) is 8.37. The van der Waals surface area contributed by atoms with E-state index in [1.165, 1.54) is 6.42 Å². The first kappa shape index (κ1) is 18.9. The minimum Gasteiger partial charge on any atom is -0.497 e. The molecule has 0 aliphatic heterocycles. The predicted octanol–water partition coefficient (Wildman–Crippen LogP) is 2.99. The lowest BCUT2D eigenvalue weighted by atomic mass is 10.0. The third-order valence-corrected chi connectivity index (χ3v) is 3.62. The second-order valence-electron chi connectivity index (χ2n) is 6.30. The van der Waals surface area contributed by atoms with Crippen LogP contribution in [0.25, 0.3) is 0 Å². The van der Waals surface area contributed by atoms with E-state index in [1.807, 2.05) is 24.3 Å². The van der Waals surface area contributed by atoms with Gasteiger partial charge in [-0.2, -0.15) is 0 Å². The molecular weight excluding hydrogens is 278 g/mol. The predicted molar refractivity (Wildman–Crippen MR) is 90.2 cm³/mol. The van der Waals surface area contributed by atoms with Gasteiger partial charge in [-0.1, -0.05) is 26.0 Å².